The molecule has 1 fully saturated rings. The first-order valence-electron chi connectivity index (χ1n) is 5.74. The first-order valence-corrected chi connectivity index (χ1v) is 5.74. The van der Waals surface area contributed by atoms with Crippen LogP contribution >= 0.6 is 0 Å². The Labute approximate surface area is 77.7 Å². The van der Waals surface area contributed by atoms with Gasteiger partial charge in [0.15, 0.2) is 0 Å². The molecule has 0 heteroatoms. The Morgan fingerprint density at radius 1 is 1.17 bits per heavy atom. The van der Waals surface area contributed by atoms with Crippen LogP contribution in [-0.4, -0.2) is 0 Å². The zero-order valence-electron chi connectivity index (χ0n) is 8.97. The summed E-state index contributed by atoms with van der Waals surface area (Å²) in [5.41, 5.74) is 0. The first kappa shape index (κ1) is 10.1. The highest BCUT2D eigenvalue weighted by Gasteiger charge is 2.33. The van der Waals surface area contributed by atoms with Gasteiger partial charge in [-0.15, -0.1) is 0 Å². The third-order valence-corrected chi connectivity index (χ3v) is 3.20. The van der Waals surface area contributed by atoms with Gasteiger partial charge >= 0.3 is 0 Å². The summed E-state index contributed by atoms with van der Waals surface area (Å²) in [6.45, 7) is 6.98. The molecule has 72 valence electrons. The smallest absolute Gasteiger partial charge is 0.0383 e. The van der Waals surface area contributed by atoms with Crippen molar-refractivity contribution in [1.29, 1.82) is 0 Å². The molecule has 0 bridgehead atoms. The lowest BCUT2D eigenvalue weighted by Gasteiger charge is -2.03. The lowest BCUT2D eigenvalue weighted by atomic mass is 10.0. The normalized spacial score (nSPS) is 28.0. The van der Waals surface area contributed by atoms with Crippen molar-refractivity contribution in [2.75, 3.05) is 0 Å². The molecule has 0 spiro atoms. The van der Waals surface area contributed by atoms with Crippen LogP contribution in [0.4, 0.5) is 0 Å². The second-order valence-electron chi connectivity index (χ2n) is 4.84. The van der Waals surface area contributed by atoms with Crippen LogP contribution < -0.4 is 0 Å². The van der Waals surface area contributed by atoms with Crippen molar-refractivity contribution in [3.05, 3.63) is 0 Å². The van der Waals surface area contributed by atoms with Crippen molar-refractivity contribution in [1.82, 2.24) is 0 Å². The average molecular weight is 168 g/mol. The summed E-state index contributed by atoms with van der Waals surface area (Å²) in [6.07, 6.45) is 8.87. The molecule has 0 radical (unpaired) electrons. The minimum atomic E-state index is 0.908. The largest absolute Gasteiger partial charge is 0.0651 e. The van der Waals surface area contributed by atoms with Gasteiger partial charge in [0, 0.05) is 0 Å². The second-order valence-corrected chi connectivity index (χ2v) is 4.84. The summed E-state index contributed by atoms with van der Waals surface area (Å²) in [5.74, 6) is 3.15. The Kier molecular flexibility index (Phi) is 4.11. The Bertz CT molecular complexity index is 115. The second kappa shape index (κ2) is 4.89. The fourth-order valence-corrected chi connectivity index (χ4v) is 2.12. The predicted molar refractivity (Wildman–Crippen MR) is 55.2 cm³/mol. The van der Waals surface area contributed by atoms with E-state index >= 15 is 0 Å². The van der Waals surface area contributed by atoms with Gasteiger partial charge in [-0.05, 0) is 24.2 Å². The van der Waals surface area contributed by atoms with Crippen LogP contribution in [0.15, 0.2) is 0 Å². The Morgan fingerprint density at radius 2 is 1.92 bits per heavy atom. The topological polar surface area (TPSA) is 0 Å². The molecule has 0 nitrogen and oxygen atoms in total. The van der Waals surface area contributed by atoms with E-state index in [4.69, 9.17) is 0 Å². The van der Waals surface area contributed by atoms with E-state index in [2.05, 4.69) is 20.8 Å². The van der Waals surface area contributed by atoms with E-state index in [1.807, 2.05) is 0 Å². The van der Waals surface area contributed by atoms with Gasteiger partial charge in [0.25, 0.3) is 0 Å². The van der Waals surface area contributed by atoms with Crippen molar-refractivity contribution >= 4 is 0 Å². The summed E-state index contributed by atoms with van der Waals surface area (Å²) in [6, 6.07) is 0. The molecule has 1 aliphatic carbocycles. The Morgan fingerprint density at radius 3 is 2.42 bits per heavy atom. The van der Waals surface area contributed by atoms with E-state index in [1.54, 1.807) is 0 Å². The van der Waals surface area contributed by atoms with Gasteiger partial charge in [-0.3, -0.25) is 0 Å². The third kappa shape index (κ3) is 3.60. The molecule has 0 aromatic rings. The third-order valence-electron chi connectivity index (χ3n) is 3.20. The standard InChI is InChI=1S/C12H24/c1-4-11-9-12(11)8-6-5-7-10(2)3/h10-12H,4-9H2,1-3H3. The minimum absolute atomic E-state index is 0.908. The molecule has 2 atom stereocenters. The summed E-state index contributed by atoms with van der Waals surface area (Å²) < 4.78 is 0. The highest BCUT2D eigenvalue weighted by Crippen LogP contribution is 2.44. The summed E-state index contributed by atoms with van der Waals surface area (Å²) in [5, 5.41) is 0. The quantitative estimate of drug-likeness (QED) is 0.520. The minimum Gasteiger partial charge on any atom is -0.0651 e. The molecule has 1 aliphatic rings. The van der Waals surface area contributed by atoms with Crippen LogP contribution in [0.5, 0.6) is 0 Å². The van der Waals surface area contributed by atoms with Gasteiger partial charge in [0.1, 0.15) is 0 Å². The number of hydrogen-bond donors (Lipinski definition) is 0. The summed E-state index contributed by atoms with van der Waals surface area (Å²) >= 11 is 0. The van der Waals surface area contributed by atoms with Gasteiger partial charge in [-0.1, -0.05) is 52.9 Å². The van der Waals surface area contributed by atoms with E-state index < -0.39 is 0 Å². The molecular weight excluding hydrogens is 144 g/mol. The van der Waals surface area contributed by atoms with E-state index in [-0.39, 0.29) is 0 Å². The zero-order valence-corrected chi connectivity index (χ0v) is 8.97. The molecule has 0 N–H and O–H groups in total. The molecule has 0 saturated heterocycles. The molecule has 1 saturated carbocycles. The fourth-order valence-electron chi connectivity index (χ4n) is 2.12. The van der Waals surface area contributed by atoms with E-state index in [0.717, 1.165) is 17.8 Å². The highest BCUT2D eigenvalue weighted by molar-refractivity contribution is 4.84. The van der Waals surface area contributed by atoms with Crippen molar-refractivity contribution < 1.29 is 0 Å². The summed E-state index contributed by atoms with van der Waals surface area (Å²) in [7, 11) is 0. The van der Waals surface area contributed by atoms with Gasteiger partial charge in [-0.2, -0.15) is 0 Å². The molecule has 0 aromatic carbocycles. The van der Waals surface area contributed by atoms with Crippen LogP contribution in [0.2, 0.25) is 0 Å². The number of unbranched alkanes of at least 4 members (excludes halogenated alkanes) is 1. The van der Waals surface area contributed by atoms with Crippen molar-refractivity contribution in [3.8, 4) is 0 Å². The van der Waals surface area contributed by atoms with Gasteiger partial charge < -0.3 is 0 Å². The molecule has 1 rings (SSSR count). The predicted octanol–water partition coefficient (Wildman–Crippen LogP) is 4.25. The van der Waals surface area contributed by atoms with E-state index in [1.165, 1.54) is 38.5 Å². The zero-order chi connectivity index (χ0) is 8.97. The molecule has 0 heterocycles. The monoisotopic (exact) mass is 168 g/mol. The maximum atomic E-state index is 2.33. The van der Waals surface area contributed by atoms with Crippen LogP contribution in [0.25, 0.3) is 0 Å². The fraction of sp³-hybridized carbons (Fsp3) is 1.00. The molecule has 0 amide bonds. The van der Waals surface area contributed by atoms with Crippen LogP contribution in [-0.2, 0) is 0 Å². The van der Waals surface area contributed by atoms with Crippen molar-refractivity contribution in [2.45, 2.75) is 59.3 Å². The van der Waals surface area contributed by atoms with Gasteiger partial charge in [0.05, 0.1) is 0 Å². The molecule has 0 aliphatic heterocycles. The van der Waals surface area contributed by atoms with E-state index in [0.29, 0.717) is 0 Å². The maximum Gasteiger partial charge on any atom is -0.0383 e. The van der Waals surface area contributed by atoms with Crippen LogP contribution in [0, 0.1) is 17.8 Å². The highest BCUT2D eigenvalue weighted by atomic mass is 14.4. The lowest BCUT2D eigenvalue weighted by Crippen LogP contribution is -1.88. The number of hydrogen-bond acceptors (Lipinski definition) is 0. The number of rotatable bonds is 6. The Hall–Kier alpha value is 0. The molecule has 2 unspecified atom stereocenters. The first-order chi connectivity index (χ1) is 5.74. The van der Waals surface area contributed by atoms with Crippen molar-refractivity contribution in [2.24, 2.45) is 17.8 Å². The van der Waals surface area contributed by atoms with Crippen LogP contribution in [0.1, 0.15) is 59.3 Å². The maximum absolute atomic E-state index is 2.33. The molecule has 12 heavy (non-hydrogen) atoms. The Balaban J connectivity index is 1.84. The van der Waals surface area contributed by atoms with Gasteiger partial charge in [-0.25, -0.2) is 0 Å². The molecular formula is C12H24. The SMILES string of the molecule is CCC1CC1CCCCC(C)C. The summed E-state index contributed by atoms with van der Waals surface area (Å²) in [4.78, 5) is 0. The lowest BCUT2D eigenvalue weighted by molar-refractivity contribution is 0.504. The average Bonchev–Trinajstić information content (AvgIpc) is 2.76. The molecule has 0 aromatic heterocycles. The van der Waals surface area contributed by atoms with Gasteiger partial charge in [0.2, 0.25) is 0 Å². The van der Waals surface area contributed by atoms with Crippen molar-refractivity contribution in [3.63, 3.8) is 0 Å². The van der Waals surface area contributed by atoms with Crippen LogP contribution in [0.3, 0.4) is 0 Å². The van der Waals surface area contributed by atoms with E-state index in [9.17, 15) is 0 Å².